The summed E-state index contributed by atoms with van der Waals surface area (Å²) >= 11 is 0. The van der Waals surface area contributed by atoms with E-state index in [1.54, 1.807) is 24.3 Å². The minimum atomic E-state index is -2.36. The van der Waals surface area contributed by atoms with Crippen molar-refractivity contribution in [2.45, 2.75) is 6.04 Å². The minimum Gasteiger partial charge on any atom is -0.394 e. The number of benzene rings is 1. The summed E-state index contributed by atoms with van der Waals surface area (Å²) < 4.78 is 13.9. The van der Waals surface area contributed by atoms with Crippen molar-refractivity contribution in [1.29, 1.82) is 0 Å². The van der Waals surface area contributed by atoms with Gasteiger partial charge in [0.25, 0.3) is 0 Å². The van der Waals surface area contributed by atoms with Crippen LogP contribution >= 0.6 is 0 Å². The predicted octanol–water partition coefficient (Wildman–Crippen LogP) is 0.679. The molecule has 1 rings (SSSR count). The molecule has 0 aliphatic heterocycles. The van der Waals surface area contributed by atoms with Gasteiger partial charge in [-0.2, -0.15) is 0 Å². The first-order valence-corrected chi connectivity index (χ1v) is 3.04. The second-order valence-electron chi connectivity index (χ2n) is 2.02. The first kappa shape index (κ1) is 4.88. The van der Waals surface area contributed by atoms with Crippen LogP contribution in [0, 0.1) is 0 Å². The molecule has 0 fully saturated rings. The normalized spacial score (nSPS) is 17.4. The van der Waals surface area contributed by atoms with Gasteiger partial charge in [-0.25, -0.2) is 0 Å². The average molecular weight is 139 g/mol. The van der Waals surface area contributed by atoms with E-state index in [4.69, 9.17) is 13.6 Å². The van der Waals surface area contributed by atoms with Crippen LogP contribution in [0.5, 0.6) is 0 Å². The summed E-state index contributed by atoms with van der Waals surface area (Å²) in [6.45, 7) is -2.36. The summed E-state index contributed by atoms with van der Waals surface area (Å²) in [7, 11) is 0. The zero-order valence-corrected chi connectivity index (χ0v) is 5.49. The van der Waals surface area contributed by atoms with Crippen LogP contribution in [-0.2, 0) is 0 Å². The zero-order valence-electron chi connectivity index (χ0n) is 7.49. The Balaban J connectivity index is 2.86. The molecule has 0 aliphatic rings. The fraction of sp³-hybridized carbons (Fsp3) is 0.250. The molecule has 10 heavy (non-hydrogen) atoms. The van der Waals surface area contributed by atoms with Gasteiger partial charge in [0, 0.05) is 0 Å². The third-order valence-corrected chi connectivity index (χ3v) is 1.30. The Morgan fingerprint density at radius 2 is 2.10 bits per heavy atom. The van der Waals surface area contributed by atoms with Gasteiger partial charge in [-0.05, 0) is 5.56 Å². The van der Waals surface area contributed by atoms with E-state index in [9.17, 15) is 0 Å². The highest BCUT2D eigenvalue weighted by atomic mass is 16.3. The maximum atomic E-state index is 8.95. The van der Waals surface area contributed by atoms with Gasteiger partial charge in [0.2, 0.25) is 0 Å². The highest BCUT2D eigenvalue weighted by molar-refractivity contribution is 5.18. The van der Waals surface area contributed by atoms with Crippen molar-refractivity contribution in [3.05, 3.63) is 35.9 Å². The van der Waals surface area contributed by atoms with Gasteiger partial charge in [0.15, 0.2) is 0 Å². The molecule has 3 N–H and O–H groups in total. The van der Waals surface area contributed by atoms with Crippen molar-refractivity contribution in [1.82, 2.24) is 0 Å². The van der Waals surface area contributed by atoms with E-state index in [2.05, 4.69) is 0 Å². The fourth-order valence-electron chi connectivity index (χ4n) is 0.735. The summed E-state index contributed by atoms with van der Waals surface area (Å²) in [5.41, 5.74) is 6.04. The molecule has 0 saturated carbocycles. The lowest BCUT2D eigenvalue weighted by molar-refractivity contribution is 0.268. The van der Waals surface area contributed by atoms with Crippen LogP contribution in [0.15, 0.2) is 30.3 Å². The fourth-order valence-corrected chi connectivity index (χ4v) is 0.735. The third kappa shape index (κ3) is 1.56. The summed E-state index contributed by atoms with van der Waals surface area (Å²) in [5.74, 6) is 0. The van der Waals surface area contributed by atoms with Crippen molar-refractivity contribution in [3.8, 4) is 0 Å². The molecule has 0 aliphatic carbocycles. The monoisotopic (exact) mass is 139 g/mol. The van der Waals surface area contributed by atoms with Crippen LogP contribution in [0.4, 0.5) is 0 Å². The molecule has 1 aromatic carbocycles. The molecule has 2 nitrogen and oxygen atoms in total. The van der Waals surface area contributed by atoms with Crippen LogP contribution < -0.4 is 5.73 Å². The third-order valence-electron chi connectivity index (χ3n) is 1.30. The molecule has 0 amide bonds. The first-order chi connectivity index (χ1) is 5.52. The lowest BCUT2D eigenvalue weighted by atomic mass is 10.1. The highest BCUT2D eigenvalue weighted by Gasteiger charge is 2.00. The molecular weight excluding hydrogens is 126 g/mol. The van der Waals surface area contributed by atoms with Gasteiger partial charge < -0.3 is 10.8 Å². The van der Waals surface area contributed by atoms with Crippen LogP contribution in [0.2, 0.25) is 0 Å². The van der Waals surface area contributed by atoms with Crippen LogP contribution in [0.1, 0.15) is 14.3 Å². The average Bonchev–Trinajstić information content (AvgIpc) is 2.03. The number of nitrogens with two attached hydrogens (primary N) is 1. The lowest BCUT2D eigenvalue weighted by Crippen LogP contribution is -2.13. The van der Waals surface area contributed by atoms with Crippen molar-refractivity contribution in [2.24, 2.45) is 5.73 Å². The maximum Gasteiger partial charge on any atom is 0.0624 e. The Kier molecular flexibility index (Phi) is 1.63. The minimum absolute atomic E-state index is 0.588. The largest absolute Gasteiger partial charge is 0.394 e. The number of rotatable bonds is 2. The summed E-state index contributed by atoms with van der Waals surface area (Å²) in [4.78, 5) is 0. The van der Waals surface area contributed by atoms with Gasteiger partial charge in [-0.15, -0.1) is 0 Å². The summed E-state index contributed by atoms with van der Waals surface area (Å²) in [5, 5.41) is 8.95. The molecule has 1 aromatic rings. The van der Waals surface area contributed by atoms with Crippen molar-refractivity contribution >= 4 is 0 Å². The Labute approximate surface area is 63.1 Å². The summed E-state index contributed by atoms with van der Waals surface area (Å²) in [6.07, 6.45) is 0. The van der Waals surface area contributed by atoms with E-state index in [1.165, 1.54) is 0 Å². The summed E-state index contributed by atoms with van der Waals surface area (Å²) in [6, 6.07) is 7.68. The van der Waals surface area contributed by atoms with Crippen molar-refractivity contribution in [2.75, 3.05) is 6.56 Å². The van der Waals surface area contributed by atoms with Gasteiger partial charge in [0.05, 0.1) is 15.3 Å². The Bertz CT molecular complexity index is 245. The second-order valence-corrected chi connectivity index (χ2v) is 2.02. The SMILES string of the molecule is [2H]C([2H])(O)[C@@H](N)c1ccccc1. The van der Waals surface area contributed by atoms with Gasteiger partial charge in [-0.3, -0.25) is 0 Å². The van der Waals surface area contributed by atoms with E-state index >= 15 is 0 Å². The van der Waals surface area contributed by atoms with Crippen LogP contribution in [-0.4, -0.2) is 11.7 Å². The quantitative estimate of drug-likeness (QED) is 0.633. The molecule has 54 valence electrons. The second kappa shape index (κ2) is 3.34. The van der Waals surface area contributed by atoms with E-state index in [1.807, 2.05) is 6.07 Å². The van der Waals surface area contributed by atoms with E-state index in [0.29, 0.717) is 5.56 Å². The van der Waals surface area contributed by atoms with E-state index < -0.39 is 12.6 Å². The number of hydrogen-bond donors (Lipinski definition) is 2. The smallest absolute Gasteiger partial charge is 0.0624 e. The molecular formula is C8H11NO. The number of hydrogen-bond acceptors (Lipinski definition) is 2. The van der Waals surface area contributed by atoms with Gasteiger partial charge in [-0.1, -0.05) is 30.3 Å². The van der Waals surface area contributed by atoms with Gasteiger partial charge >= 0.3 is 0 Å². The topological polar surface area (TPSA) is 46.2 Å². The molecule has 0 unspecified atom stereocenters. The Hall–Kier alpha value is -0.860. The molecule has 0 radical (unpaired) electrons. The van der Waals surface area contributed by atoms with Gasteiger partial charge in [0.1, 0.15) is 0 Å². The molecule has 1 atom stereocenters. The Morgan fingerprint density at radius 1 is 1.50 bits per heavy atom. The molecule has 0 saturated heterocycles. The molecule has 0 spiro atoms. The molecule has 0 heterocycles. The lowest BCUT2D eigenvalue weighted by Gasteiger charge is -2.06. The molecule has 0 aromatic heterocycles. The van der Waals surface area contributed by atoms with Crippen molar-refractivity contribution < 1.29 is 7.85 Å². The molecule has 0 bridgehead atoms. The van der Waals surface area contributed by atoms with E-state index in [-0.39, 0.29) is 0 Å². The Morgan fingerprint density at radius 3 is 2.60 bits per heavy atom. The maximum absolute atomic E-state index is 8.95. The number of aliphatic hydroxyl groups is 1. The zero-order chi connectivity index (χ0) is 9.19. The van der Waals surface area contributed by atoms with E-state index in [0.717, 1.165) is 0 Å². The van der Waals surface area contributed by atoms with Crippen LogP contribution in [0.3, 0.4) is 0 Å². The van der Waals surface area contributed by atoms with Crippen molar-refractivity contribution in [3.63, 3.8) is 0 Å². The predicted molar refractivity (Wildman–Crippen MR) is 40.5 cm³/mol. The molecule has 2 heteroatoms. The highest BCUT2D eigenvalue weighted by Crippen LogP contribution is 2.06. The van der Waals surface area contributed by atoms with Crippen LogP contribution in [0.25, 0.3) is 0 Å². The first-order valence-electron chi connectivity index (χ1n) is 4.04. The standard InChI is InChI=1S/C8H11NO/c9-8(6-10)7-4-2-1-3-5-7/h1-5,8,10H,6,9H2/t8-/m1/s1/i6D2.